The van der Waals surface area contributed by atoms with Crippen molar-refractivity contribution >= 4 is 16.9 Å². The number of benzene rings is 2. The van der Waals surface area contributed by atoms with E-state index in [9.17, 15) is 4.79 Å². The minimum atomic E-state index is 0.0889. The summed E-state index contributed by atoms with van der Waals surface area (Å²) in [5, 5.41) is 1.07. The van der Waals surface area contributed by atoms with Crippen LogP contribution in [0.15, 0.2) is 59.2 Å². The van der Waals surface area contributed by atoms with Crippen molar-refractivity contribution in [1.82, 2.24) is 4.90 Å². The van der Waals surface area contributed by atoms with E-state index < -0.39 is 0 Å². The summed E-state index contributed by atoms with van der Waals surface area (Å²) in [6.45, 7) is 4.36. The van der Waals surface area contributed by atoms with Crippen LogP contribution in [0.2, 0.25) is 0 Å². The van der Waals surface area contributed by atoms with Gasteiger partial charge in [-0.15, -0.1) is 0 Å². The van der Waals surface area contributed by atoms with Crippen LogP contribution < -0.4 is 0 Å². The minimum Gasteiger partial charge on any atom is -0.464 e. The summed E-state index contributed by atoms with van der Waals surface area (Å²) >= 11 is 0. The Balaban J connectivity index is 1.53. The van der Waals surface area contributed by atoms with Crippen LogP contribution in [-0.4, -0.2) is 36.6 Å². The second-order valence-corrected chi connectivity index (χ2v) is 7.14. The van der Waals surface area contributed by atoms with E-state index in [0.717, 1.165) is 60.1 Å². The zero-order valence-electron chi connectivity index (χ0n) is 15.7. The molecule has 1 aliphatic rings. The molecule has 1 amide bonds. The highest BCUT2D eigenvalue weighted by molar-refractivity contribution is 5.96. The molecule has 140 valence electrons. The van der Waals surface area contributed by atoms with Crippen molar-refractivity contribution in [3.05, 3.63) is 60.4 Å². The summed E-state index contributed by atoms with van der Waals surface area (Å²) in [4.78, 5) is 15.0. The number of fused-ring (bicyclic) bond motifs is 1. The summed E-state index contributed by atoms with van der Waals surface area (Å²) in [6, 6.07) is 15.9. The first-order valence-corrected chi connectivity index (χ1v) is 9.73. The first-order valence-electron chi connectivity index (χ1n) is 9.73. The molecular weight excluding hydrogens is 338 g/mol. The predicted octanol–water partition coefficient (Wildman–Crippen LogP) is 5.13. The number of carbonyl (C=O) groups excluding carboxylic acids is 1. The predicted molar refractivity (Wildman–Crippen MR) is 107 cm³/mol. The number of piperidine rings is 1. The third-order valence-electron chi connectivity index (χ3n) is 5.12. The molecule has 4 heteroatoms. The Morgan fingerprint density at radius 1 is 1.19 bits per heavy atom. The number of carbonyl (C=O) groups is 1. The number of furan rings is 1. The van der Waals surface area contributed by atoms with Gasteiger partial charge in [-0.25, -0.2) is 0 Å². The van der Waals surface area contributed by atoms with Gasteiger partial charge >= 0.3 is 0 Å². The maximum Gasteiger partial charge on any atom is 0.253 e. The molecule has 4 nitrogen and oxygen atoms in total. The average molecular weight is 363 g/mol. The van der Waals surface area contributed by atoms with E-state index >= 15 is 0 Å². The topological polar surface area (TPSA) is 42.7 Å². The van der Waals surface area contributed by atoms with E-state index in [1.165, 1.54) is 0 Å². The van der Waals surface area contributed by atoms with Crippen molar-refractivity contribution < 1.29 is 13.9 Å². The van der Waals surface area contributed by atoms with E-state index in [-0.39, 0.29) is 12.0 Å². The Hall–Kier alpha value is -2.59. The zero-order valence-corrected chi connectivity index (χ0v) is 15.7. The summed E-state index contributed by atoms with van der Waals surface area (Å²) in [5.41, 5.74) is 3.73. The zero-order chi connectivity index (χ0) is 18.6. The summed E-state index contributed by atoms with van der Waals surface area (Å²) in [6.07, 6.45) is 4.90. The van der Waals surface area contributed by atoms with Crippen molar-refractivity contribution in [2.45, 2.75) is 32.3 Å². The Labute approximate surface area is 159 Å². The maximum absolute atomic E-state index is 13.0. The molecule has 0 saturated carbocycles. The quantitative estimate of drug-likeness (QED) is 0.631. The third kappa shape index (κ3) is 3.91. The lowest BCUT2D eigenvalue weighted by molar-refractivity contribution is 0.00211. The van der Waals surface area contributed by atoms with Crippen LogP contribution >= 0.6 is 0 Å². The lowest BCUT2D eigenvalue weighted by Gasteiger charge is -2.32. The first kappa shape index (κ1) is 17.8. The van der Waals surface area contributed by atoms with Crippen LogP contribution in [0.5, 0.6) is 0 Å². The number of nitrogens with zero attached hydrogens (tertiary/aromatic N) is 1. The molecule has 1 aliphatic heterocycles. The Morgan fingerprint density at radius 2 is 2.07 bits per heavy atom. The lowest BCUT2D eigenvalue weighted by Crippen LogP contribution is -2.43. The molecule has 1 aromatic heterocycles. The second-order valence-electron chi connectivity index (χ2n) is 7.14. The highest BCUT2D eigenvalue weighted by atomic mass is 16.5. The van der Waals surface area contributed by atoms with Gasteiger partial charge in [-0.2, -0.15) is 0 Å². The van der Waals surface area contributed by atoms with Crippen molar-refractivity contribution in [3.8, 4) is 11.1 Å². The smallest absolute Gasteiger partial charge is 0.253 e. The fourth-order valence-corrected chi connectivity index (χ4v) is 3.70. The van der Waals surface area contributed by atoms with Gasteiger partial charge in [-0.3, -0.25) is 4.79 Å². The van der Waals surface area contributed by atoms with Crippen LogP contribution in [0.4, 0.5) is 0 Å². The molecule has 0 unspecified atom stereocenters. The molecule has 27 heavy (non-hydrogen) atoms. The van der Waals surface area contributed by atoms with Gasteiger partial charge in [-0.1, -0.05) is 25.1 Å². The Bertz CT molecular complexity index is 930. The molecule has 0 bridgehead atoms. The normalized spacial score (nSPS) is 17.4. The van der Waals surface area contributed by atoms with Crippen molar-refractivity contribution in [2.24, 2.45) is 0 Å². The molecule has 0 radical (unpaired) electrons. The van der Waals surface area contributed by atoms with Gasteiger partial charge in [0.05, 0.1) is 12.4 Å². The molecule has 4 rings (SSSR count). The summed E-state index contributed by atoms with van der Waals surface area (Å²) in [5.74, 6) is 0.0889. The monoisotopic (exact) mass is 363 g/mol. The van der Waals surface area contributed by atoms with E-state index in [1.807, 2.05) is 47.4 Å². The largest absolute Gasteiger partial charge is 0.464 e. The van der Waals surface area contributed by atoms with Gasteiger partial charge in [-0.05, 0) is 60.7 Å². The molecule has 3 aromatic rings. The minimum absolute atomic E-state index is 0.0889. The Kier molecular flexibility index (Phi) is 5.26. The van der Waals surface area contributed by atoms with E-state index in [0.29, 0.717) is 6.54 Å². The van der Waals surface area contributed by atoms with Gasteiger partial charge in [0.25, 0.3) is 5.91 Å². The number of hydrogen-bond donors (Lipinski definition) is 0. The molecule has 0 N–H and O–H groups in total. The number of hydrogen-bond acceptors (Lipinski definition) is 3. The Morgan fingerprint density at radius 3 is 2.96 bits per heavy atom. The van der Waals surface area contributed by atoms with Crippen LogP contribution in [0.1, 0.15) is 36.5 Å². The van der Waals surface area contributed by atoms with Gasteiger partial charge in [0, 0.05) is 30.6 Å². The fourth-order valence-electron chi connectivity index (χ4n) is 3.70. The third-order valence-corrected chi connectivity index (χ3v) is 5.12. The number of ether oxygens (including phenoxy) is 1. The average Bonchev–Trinajstić information content (AvgIpc) is 3.20. The van der Waals surface area contributed by atoms with E-state index in [2.05, 4.69) is 13.0 Å². The highest BCUT2D eigenvalue weighted by Crippen LogP contribution is 2.26. The SMILES string of the molecule is CCCO[C@H]1CCCN(C(=O)c2cccc(-c3ccc4occc4c3)c2)C1. The van der Waals surface area contributed by atoms with Crippen LogP contribution in [-0.2, 0) is 4.74 Å². The standard InChI is InChI=1S/C23H25NO3/c1-2-12-26-21-7-4-11-24(16-21)23(25)20-6-3-5-17(15-20)18-8-9-22-19(14-18)10-13-27-22/h3,5-6,8-10,13-15,21H,2,4,7,11-12,16H2,1H3/t21-/m0/s1. The molecule has 0 spiro atoms. The molecule has 2 heterocycles. The fraction of sp³-hybridized carbons (Fsp3) is 0.348. The molecular formula is C23H25NO3. The van der Waals surface area contributed by atoms with E-state index in [4.69, 9.17) is 9.15 Å². The van der Waals surface area contributed by atoms with Gasteiger partial charge in [0.2, 0.25) is 0 Å². The van der Waals surface area contributed by atoms with Gasteiger partial charge in [0.15, 0.2) is 0 Å². The number of rotatable bonds is 5. The molecule has 1 atom stereocenters. The molecule has 1 saturated heterocycles. The lowest BCUT2D eigenvalue weighted by atomic mass is 10.0. The maximum atomic E-state index is 13.0. The van der Waals surface area contributed by atoms with Crippen molar-refractivity contribution in [2.75, 3.05) is 19.7 Å². The molecule has 0 aliphatic carbocycles. The van der Waals surface area contributed by atoms with E-state index in [1.54, 1.807) is 6.26 Å². The van der Waals surface area contributed by atoms with Crippen molar-refractivity contribution in [1.29, 1.82) is 0 Å². The summed E-state index contributed by atoms with van der Waals surface area (Å²) in [7, 11) is 0. The van der Waals surface area contributed by atoms with Crippen LogP contribution in [0, 0.1) is 0 Å². The number of likely N-dealkylation sites (tertiary alicyclic amines) is 1. The number of amides is 1. The molecule has 2 aromatic carbocycles. The first-order chi connectivity index (χ1) is 13.2. The van der Waals surface area contributed by atoms with Crippen LogP contribution in [0.25, 0.3) is 22.1 Å². The van der Waals surface area contributed by atoms with Gasteiger partial charge < -0.3 is 14.1 Å². The molecule has 1 fully saturated rings. The highest BCUT2D eigenvalue weighted by Gasteiger charge is 2.25. The van der Waals surface area contributed by atoms with Gasteiger partial charge in [0.1, 0.15) is 5.58 Å². The van der Waals surface area contributed by atoms with Crippen molar-refractivity contribution in [3.63, 3.8) is 0 Å². The van der Waals surface area contributed by atoms with Crippen LogP contribution in [0.3, 0.4) is 0 Å². The second kappa shape index (κ2) is 7.97. The summed E-state index contributed by atoms with van der Waals surface area (Å²) < 4.78 is 11.3.